The number of alkyl carbamates (subject to hydrolysis) is 1. The normalized spacial score (nSPS) is 20.7. The average Bonchev–Trinajstić information content (AvgIpc) is 3.14. The average molecular weight is 734 g/mol. The first kappa shape index (κ1) is 40.7. The largest absolute Gasteiger partial charge is 0.444 e. The highest BCUT2D eigenvalue weighted by molar-refractivity contribution is 7.98. The lowest BCUT2D eigenvalue weighted by Gasteiger charge is -2.46. The lowest BCUT2D eigenvalue weighted by atomic mass is 9.92. The molecule has 52 heavy (non-hydrogen) atoms. The zero-order valence-corrected chi connectivity index (χ0v) is 31.2. The molecule has 1 saturated heterocycles. The van der Waals surface area contributed by atoms with Crippen LogP contribution in [0.4, 0.5) is 4.79 Å². The van der Waals surface area contributed by atoms with Crippen LogP contribution < -0.4 is 10.6 Å². The van der Waals surface area contributed by atoms with Crippen LogP contribution in [0.25, 0.3) is 10.4 Å². The quantitative estimate of drug-likeness (QED) is 0.0761. The molecule has 6 atom stereocenters. The van der Waals surface area contributed by atoms with E-state index in [1.807, 2.05) is 97.3 Å². The number of carbonyl (C=O) groups is 2. The fourth-order valence-electron chi connectivity index (χ4n) is 5.79. The molecule has 1 aliphatic rings. The summed E-state index contributed by atoms with van der Waals surface area (Å²) in [6.07, 6.45) is -1.19. The molecule has 0 aliphatic carbocycles. The van der Waals surface area contributed by atoms with E-state index in [1.165, 1.54) is 0 Å². The Labute approximate surface area is 310 Å². The van der Waals surface area contributed by atoms with Crippen LogP contribution >= 0.6 is 11.8 Å². The van der Waals surface area contributed by atoms with E-state index < -0.39 is 48.3 Å². The van der Waals surface area contributed by atoms with Crippen LogP contribution in [-0.2, 0) is 48.3 Å². The van der Waals surface area contributed by atoms with Gasteiger partial charge in [-0.2, -0.15) is 11.8 Å². The fourth-order valence-corrected chi connectivity index (χ4v) is 6.26. The predicted octanol–water partition coefficient (Wildman–Crippen LogP) is 6.97. The standard InChI is InChI=1S/C39H51N5O7S/c1-39(2,3)51-38(46)43-31(21-23-52-4)37(45)41-24-33-35(48-26-29-16-10-6-11-17-29)36(49-27-30-18-12-7-13-19-30)34(32(50-33)20-22-42-44-40)47-25-28-14-8-5-9-15-28/h5-19,31-36H,20-27H2,1-4H3,(H,41,45)(H,43,46)/t31-,32+,33+,34-,35+,36+/m0/s1. The molecule has 2 amide bonds. The molecular weight excluding hydrogens is 683 g/mol. The van der Waals surface area contributed by atoms with Crippen molar-refractivity contribution in [2.75, 3.05) is 25.1 Å². The third-order valence-electron chi connectivity index (χ3n) is 8.26. The van der Waals surface area contributed by atoms with Crippen molar-refractivity contribution in [1.29, 1.82) is 0 Å². The number of nitrogens with one attached hydrogen (secondary N) is 2. The lowest BCUT2D eigenvalue weighted by molar-refractivity contribution is -0.264. The topological polar surface area (TPSA) is 153 Å². The predicted molar refractivity (Wildman–Crippen MR) is 202 cm³/mol. The van der Waals surface area contributed by atoms with Gasteiger partial charge in [0.1, 0.15) is 36.1 Å². The molecule has 0 spiro atoms. The molecule has 0 saturated carbocycles. The molecule has 0 aromatic heterocycles. The summed E-state index contributed by atoms with van der Waals surface area (Å²) in [4.78, 5) is 29.3. The number of nitrogens with zero attached hydrogens (tertiary/aromatic N) is 3. The Hall–Kier alpha value is -4.10. The molecule has 0 bridgehead atoms. The molecule has 0 radical (unpaired) electrons. The van der Waals surface area contributed by atoms with E-state index in [2.05, 4.69) is 20.7 Å². The van der Waals surface area contributed by atoms with Gasteiger partial charge in [-0.15, -0.1) is 0 Å². The van der Waals surface area contributed by atoms with Crippen LogP contribution in [0.1, 0.15) is 50.3 Å². The fraction of sp³-hybridized carbons (Fsp3) is 0.487. The summed E-state index contributed by atoms with van der Waals surface area (Å²) in [7, 11) is 0. The van der Waals surface area contributed by atoms with Crippen LogP contribution in [0.3, 0.4) is 0 Å². The van der Waals surface area contributed by atoms with E-state index in [0.717, 1.165) is 16.7 Å². The van der Waals surface area contributed by atoms with Crippen LogP contribution in [0.15, 0.2) is 96.1 Å². The zero-order chi connectivity index (χ0) is 37.2. The Morgan fingerprint density at radius 2 is 1.33 bits per heavy atom. The Morgan fingerprint density at radius 1 is 0.827 bits per heavy atom. The monoisotopic (exact) mass is 733 g/mol. The van der Waals surface area contributed by atoms with Crippen molar-refractivity contribution in [2.45, 2.75) is 95.6 Å². The van der Waals surface area contributed by atoms with Gasteiger partial charge in [0.2, 0.25) is 5.91 Å². The molecule has 1 aliphatic heterocycles. The Morgan fingerprint density at radius 3 is 1.81 bits per heavy atom. The summed E-state index contributed by atoms with van der Waals surface area (Å²) >= 11 is 1.57. The number of azide groups is 1. The molecule has 0 unspecified atom stereocenters. The van der Waals surface area contributed by atoms with Gasteiger partial charge in [-0.05, 0) is 67.8 Å². The number of rotatable bonds is 19. The van der Waals surface area contributed by atoms with Gasteiger partial charge in [-0.3, -0.25) is 4.79 Å². The minimum atomic E-state index is -0.831. The van der Waals surface area contributed by atoms with E-state index >= 15 is 0 Å². The van der Waals surface area contributed by atoms with Crippen molar-refractivity contribution < 1.29 is 33.3 Å². The second kappa shape index (κ2) is 21.4. The lowest BCUT2D eigenvalue weighted by Crippen LogP contribution is -2.63. The summed E-state index contributed by atoms with van der Waals surface area (Å²) < 4.78 is 32.2. The molecule has 1 heterocycles. The maximum absolute atomic E-state index is 13.7. The molecular formula is C39H51N5O7S. The van der Waals surface area contributed by atoms with Gasteiger partial charge in [0.05, 0.1) is 25.9 Å². The van der Waals surface area contributed by atoms with E-state index in [-0.39, 0.29) is 32.2 Å². The van der Waals surface area contributed by atoms with Gasteiger partial charge < -0.3 is 34.3 Å². The van der Waals surface area contributed by atoms with Crippen LogP contribution in [-0.4, -0.2) is 79.3 Å². The summed E-state index contributed by atoms with van der Waals surface area (Å²) in [6.45, 7) is 6.36. The van der Waals surface area contributed by atoms with Crippen LogP contribution in [0, 0.1) is 0 Å². The third kappa shape index (κ3) is 13.8. The Kier molecular flexibility index (Phi) is 16.8. The molecule has 13 heteroatoms. The van der Waals surface area contributed by atoms with Crippen molar-refractivity contribution >= 4 is 23.8 Å². The summed E-state index contributed by atoms with van der Waals surface area (Å²) in [5.74, 6) is 0.272. The Bertz CT molecular complexity index is 1540. The first-order chi connectivity index (χ1) is 25.2. The molecule has 280 valence electrons. The summed E-state index contributed by atoms with van der Waals surface area (Å²) in [5, 5.41) is 9.53. The van der Waals surface area contributed by atoms with Crippen molar-refractivity contribution in [3.05, 3.63) is 118 Å². The van der Waals surface area contributed by atoms with Gasteiger partial charge in [-0.25, -0.2) is 4.79 Å². The SMILES string of the molecule is CSCC[C@H](NC(=O)OC(C)(C)C)C(=O)NC[C@H]1O[C@H](CCN=[N+]=[N-])[C@H](OCc2ccccc2)[C@@H](OCc2ccccc2)[C@@H]1OCc1ccccc1. The number of amides is 2. The zero-order valence-electron chi connectivity index (χ0n) is 30.4. The molecule has 12 nitrogen and oxygen atoms in total. The van der Waals surface area contributed by atoms with E-state index in [4.69, 9.17) is 29.2 Å². The highest BCUT2D eigenvalue weighted by Crippen LogP contribution is 2.32. The number of carbonyl (C=O) groups excluding carboxylic acids is 2. The minimum Gasteiger partial charge on any atom is -0.444 e. The first-order valence-electron chi connectivity index (χ1n) is 17.6. The Balaban J connectivity index is 1.64. The van der Waals surface area contributed by atoms with Crippen molar-refractivity contribution in [1.82, 2.24) is 10.6 Å². The van der Waals surface area contributed by atoms with E-state index in [1.54, 1.807) is 32.5 Å². The van der Waals surface area contributed by atoms with Gasteiger partial charge in [0, 0.05) is 18.0 Å². The minimum absolute atomic E-state index is 0.0542. The molecule has 3 aromatic rings. The number of hydrogen-bond acceptors (Lipinski definition) is 9. The molecule has 4 rings (SSSR count). The number of thioether (sulfide) groups is 1. The number of hydrogen-bond donors (Lipinski definition) is 2. The van der Waals surface area contributed by atoms with Crippen molar-refractivity contribution in [2.24, 2.45) is 5.11 Å². The second-order valence-corrected chi connectivity index (χ2v) is 14.5. The van der Waals surface area contributed by atoms with Gasteiger partial charge >= 0.3 is 6.09 Å². The van der Waals surface area contributed by atoms with Gasteiger partial charge in [-0.1, -0.05) is 96.1 Å². The van der Waals surface area contributed by atoms with Crippen molar-refractivity contribution in [3.63, 3.8) is 0 Å². The third-order valence-corrected chi connectivity index (χ3v) is 8.90. The van der Waals surface area contributed by atoms with Gasteiger partial charge in [0.25, 0.3) is 0 Å². The summed E-state index contributed by atoms with van der Waals surface area (Å²) in [6, 6.07) is 28.6. The highest BCUT2D eigenvalue weighted by atomic mass is 32.2. The van der Waals surface area contributed by atoms with Crippen LogP contribution in [0.2, 0.25) is 0 Å². The summed E-state index contributed by atoms with van der Waals surface area (Å²) in [5.41, 5.74) is 11.3. The first-order valence-corrected chi connectivity index (χ1v) is 18.9. The van der Waals surface area contributed by atoms with Crippen LogP contribution in [0.5, 0.6) is 0 Å². The van der Waals surface area contributed by atoms with Crippen molar-refractivity contribution in [3.8, 4) is 0 Å². The maximum Gasteiger partial charge on any atom is 0.408 e. The maximum atomic E-state index is 13.7. The molecule has 1 fully saturated rings. The highest BCUT2D eigenvalue weighted by Gasteiger charge is 2.48. The van der Waals surface area contributed by atoms with Gasteiger partial charge in [0.15, 0.2) is 0 Å². The van der Waals surface area contributed by atoms with E-state index in [0.29, 0.717) is 25.2 Å². The number of benzene rings is 3. The number of ether oxygens (including phenoxy) is 5. The molecule has 2 N–H and O–H groups in total. The smallest absolute Gasteiger partial charge is 0.408 e. The second-order valence-electron chi connectivity index (χ2n) is 13.5. The van der Waals surface area contributed by atoms with E-state index in [9.17, 15) is 9.59 Å². The molecule has 3 aromatic carbocycles.